The lowest BCUT2D eigenvalue weighted by Gasteiger charge is -2.07. The Morgan fingerprint density at radius 1 is 1.13 bits per heavy atom. The molecule has 3 aromatic rings. The highest BCUT2D eigenvalue weighted by molar-refractivity contribution is 5.81. The van der Waals surface area contributed by atoms with Crippen LogP contribution in [0.1, 0.15) is 22.5 Å². The van der Waals surface area contributed by atoms with E-state index in [1.807, 2.05) is 32.0 Å². The van der Waals surface area contributed by atoms with E-state index in [0.29, 0.717) is 17.3 Å². The summed E-state index contributed by atoms with van der Waals surface area (Å²) in [6.07, 6.45) is 1.37. The van der Waals surface area contributed by atoms with E-state index < -0.39 is 10.8 Å². The minimum Gasteiger partial charge on any atom is -0.484 e. The fourth-order valence-corrected chi connectivity index (χ4v) is 2.97. The van der Waals surface area contributed by atoms with Gasteiger partial charge in [0.25, 0.3) is 11.6 Å². The largest absolute Gasteiger partial charge is 0.484 e. The summed E-state index contributed by atoms with van der Waals surface area (Å²) in [6.45, 7) is 5.53. The molecule has 0 saturated carbocycles. The number of nitro groups is 1. The van der Waals surface area contributed by atoms with Gasteiger partial charge in [-0.25, -0.2) is 5.43 Å². The standard InChI is InChI=1S/C22H21N3O5/c1-14-8-15(2)10-19(9-14)29-13-22(26)24-23-12-18-5-7-21(30-18)20-6-4-17(25(27)28)11-16(20)3/h4-12H,13H2,1-3H3,(H,24,26). The lowest BCUT2D eigenvalue weighted by atomic mass is 10.1. The first kappa shape index (κ1) is 20.8. The van der Waals surface area contributed by atoms with Crippen LogP contribution in [0.4, 0.5) is 5.69 Å². The normalized spacial score (nSPS) is 10.9. The van der Waals surface area contributed by atoms with Gasteiger partial charge in [0.05, 0.1) is 11.1 Å². The van der Waals surface area contributed by atoms with E-state index in [1.54, 1.807) is 25.1 Å². The molecule has 30 heavy (non-hydrogen) atoms. The van der Waals surface area contributed by atoms with E-state index in [2.05, 4.69) is 10.5 Å². The van der Waals surface area contributed by atoms with Crippen LogP contribution in [0.25, 0.3) is 11.3 Å². The molecule has 0 saturated heterocycles. The average molecular weight is 407 g/mol. The summed E-state index contributed by atoms with van der Waals surface area (Å²) in [5.74, 6) is 1.20. The van der Waals surface area contributed by atoms with Gasteiger partial charge in [0.1, 0.15) is 17.3 Å². The highest BCUT2D eigenvalue weighted by atomic mass is 16.6. The molecule has 0 bridgehead atoms. The molecular weight excluding hydrogens is 386 g/mol. The number of aryl methyl sites for hydroxylation is 3. The van der Waals surface area contributed by atoms with Gasteiger partial charge in [-0.15, -0.1) is 0 Å². The van der Waals surface area contributed by atoms with Crippen molar-refractivity contribution in [3.05, 3.63) is 81.1 Å². The molecule has 0 aliphatic carbocycles. The number of hydrazone groups is 1. The van der Waals surface area contributed by atoms with Crippen LogP contribution in [-0.4, -0.2) is 23.7 Å². The van der Waals surface area contributed by atoms with Crippen molar-refractivity contribution < 1.29 is 18.9 Å². The third kappa shape index (κ3) is 5.32. The number of amides is 1. The monoisotopic (exact) mass is 407 g/mol. The molecule has 2 aromatic carbocycles. The van der Waals surface area contributed by atoms with Gasteiger partial charge in [-0.05, 0) is 67.8 Å². The first-order valence-corrected chi connectivity index (χ1v) is 9.20. The Kier molecular flexibility index (Phi) is 6.26. The number of carbonyl (C=O) groups is 1. The van der Waals surface area contributed by atoms with Gasteiger partial charge in [-0.2, -0.15) is 5.10 Å². The molecule has 3 rings (SSSR count). The number of benzene rings is 2. The molecule has 0 aliphatic rings. The summed E-state index contributed by atoms with van der Waals surface area (Å²) in [4.78, 5) is 22.3. The molecule has 1 heterocycles. The zero-order chi connectivity index (χ0) is 21.7. The van der Waals surface area contributed by atoms with Crippen LogP contribution in [0.5, 0.6) is 5.75 Å². The maximum Gasteiger partial charge on any atom is 0.277 e. The second kappa shape index (κ2) is 9.04. The van der Waals surface area contributed by atoms with Crippen LogP contribution in [0.15, 0.2) is 58.0 Å². The molecule has 0 fully saturated rings. The highest BCUT2D eigenvalue weighted by Gasteiger charge is 2.12. The third-order valence-electron chi connectivity index (χ3n) is 4.26. The van der Waals surface area contributed by atoms with Crippen molar-refractivity contribution >= 4 is 17.8 Å². The molecule has 8 nitrogen and oxygen atoms in total. The van der Waals surface area contributed by atoms with E-state index in [0.717, 1.165) is 22.3 Å². The lowest BCUT2D eigenvalue weighted by Crippen LogP contribution is -2.24. The van der Waals surface area contributed by atoms with Crippen molar-refractivity contribution in [1.82, 2.24) is 5.43 Å². The molecule has 0 radical (unpaired) electrons. The van der Waals surface area contributed by atoms with E-state index in [4.69, 9.17) is 9.15 Å². The molecule has 0 aliphatic heterocycles. The Balaban J connectivity index is 1.56. The summed E-state index contributed by atoms with van der Waals surface area (Å²) in [5.41, 5.74) is 5.98. The number of ether oxygens (including phenoxy) is 1. The van der Waals surface area contributed by atoms with E-state index in [1.165, 1.54) is 18.3 Å². The second-order valence-corrected chi connectivity index (χ2v) is 6.86. The van der Waals surface area contributed by atoms with E-state index in [-0.39, 0.29) is 12.3 Å². The van der Waals surface area contributed by atoms with Crippen molar-refractivity contribution in [2.45, 2.75) is 20.8 Å². The summed E-state index contributed by atoms with van der Waals surface area (Å²) < 4.78 is 11.2. The first-order valence-electron chi connectivity index (χ1n) is 9.20. The molecule has 0 atom stereocenters. The van der Waals surface area contributed by atoms with Crippen molar-refractivity contribution in [2.24, 2.45) is 5.10 Å². The molecule has 154 valence electrons. The van der Waals surface area contributed by atoms with Gasteiger partial charge >= 0.3 is 0 Å². The second-order valence-electron chi connectivity index (χ2n) is 6.86. The first-order chi connectivity index (χ1) is 14.3. The van der Waals surface area contributed by atoms with Crippen LogP contribution in [0, 0.1) is 30.9 Å². The molecule has 0 unspecified atom stereocenters. The fourth-order valence-electron chi connectivity index (χ4n) is 2.97. The summed E-state index contributed by atoms with van der Waals surface area (Å²) in [7, 11) is 0. The summed E-state index contributed by atoms with van der Waals surface area (Å²) >= 11 is 0. The van der Waals surface area contributed by atoms with Gasteiger partial charge < -0.3 is 9.15 Å². The number of furan rings is 1. The minimum absolute atomic E-state index is 0.0235. The van der Waals surface area contributed by atoms with Crippen LogP contribution >= 0.6 is 0 Å². The predicted octanol–water partition coefficient (Wildman–Crippen LogP) is 4.31. The Labute approximate surface area is 173 Å². The van der Waals surface area contributed by atoms with Crippen molar-refractivity contribution in [2.75, 3.05) is 6.61 Å². The van der Waals surface area contributed by atoms with Gasteiger partial charge in [-0.1, -0.05) is 6.07 Å². The Morgan fingerprint density at radius 3 is 2.53 bits per heavy atom. The fraction of sp³-hybridized carbons (Fsp3) is 0.182. The number of hydrogen-bond acceptors (Lipinski definition) is 6. The van der Waals surface area contributed by atoms with Crippen LogP contribution in [0.2, 0.25) is 0 Å². The zero-order valence-corrected chi connectivity index (χ0v) is 16.8. The number of nitro benzene ring substituents is 1. The summed E-state index contributed by atoms with van der Waals surface area (Å²) in [6, 6.07) is 13.7. The molecular formula is C22H21N3O5. The van der Waals surface area contributed by atoms with Crippen molar-refractivity contribution in [3.63, 3.8) is 0 Å². The molecule has 1 N–H and O–H groups in total. The number of nitrogens with zero attached hydrogens (tertiary/aromatic N) is 2. The van der Waals surface area contributed by atoms with Gasteiger partial charge in [0, 0.05) is 17.7 Å². The number of non-ortho nitro benzene ring substituents is 1. The van der Waals surface area contributed by atoms with Gasteiger partial charge in [0.15, 0.2) is 6.61 Å². The average Bonchev–Trinajstić information content (AvgIpc) is 3.14. The van der Waals surface area contributed by atoms with Crippen molar-refractivity contribution in [3.8, 4) is 17.1 Å². The van der Waals surface area contributed by atoms with Crippen LogP contribution in [-0.2, 0) is 4.79 Å². The highest BCUT2D eigenvalue weighted by Crippen LogP contribution is 2.28. The van der Waals surface area contributed by atoms with Crippen molar-refractivity contribution in [1.29, 1.82) is 0 Å². The van der Waals surface area contributed by atoms with Crippen LogP contribution < -0.4 is 10.2 Å². The number of nitrogens with one attached hydrogen (secondary N) is 1. The quantitative estimate of drug-likeness (QED) is 0.357. The van der Waals surface area contributed by atoms with Gasteiger partial charge in [-0.3, -0.25) is 14.9 Å². The zero-order valence-electron chi connectivity index (χ0n) is 16.8. The number of carbonyl (C=O) groups excluding carboxylic acids is 1. The maximum absolute atomic E-state index is 11.9. The van der Waals surface area contributed by atoms with E-state index >= 15 is 0 Å². The maximum atomic E-state index is 11.9. The Bertz CT molecular complexity index is 1100. The predicted molar refractivity (Wildman–Crippen MR) is 113 cm³/mol. The Morgan fingerprint density at radius 2 is 1.87 bits per heavy atom. The molecule has 1 amide bonds. The van der Waals surface area contributed by atoms with E-state index in [9.17, 15) is 14.9 Å². The smallest absolute Gasteiger partial charge is 0.277 e. The minimum atomic E-state index is -0.441. The summed E-state index contributed by atoms with van der Waals surface area (Å²) in [5, 5.41) is 14.7. The van der Waals surface area contributed by atoms with Gasteiger partial charge in [0.2, 0.25) is 0 Å². The lowest BCUT2D eigenvalue weighted by molar-refractivity contribution is -0.384. The topological polar surface area (TPSA) is 107 Å². The number of hydrogen-bond donors (Lipinski definition) is 1. The Hall–Kier alpha value is -3.94. The SMILES string of the molecule is Cc1cc(C)cc(OCC(=O)NN=Cc2ccc(-c3ccc([N+](=O)[O-])cc3C)o2)c1. The number of rotatable bonds is 7. The van der Waals surface area contributed by atoms with Crippen LogP contribution in [0.3, 0.4) is 0 Å². The third-order valence-corrected chi connectivity index (χ3v) is 4.26. The molecule has 0 spiro atoms. The molecule has 8 heteroatoms. The molecule has 1 aromatic heterocycles.